The number of aromatic nitrogens is 4. The zero-order chi connectivity index (χ0) is 10.7. The largest absolute Gasteiger partial charge is 0.290 e. The van der Waals surface area contributed by atoms with Crippen molar-refractivity contribution in [2.24, 2.45) is 5.84 Å². The lowest BCUT2D eigenvalue weighted by molar-refractivity contribution is 0.0953. The monoisotopic (exact) mass is 204 g/mol. The van der Waals surface area contributed by atoms with Gasteiger partial charge in [0.25, 0.3) is 5.91 Å². The molecule has 2 aromatic rings. The van der Waals surface area contributed by atoms with Crippen molar-refractivity contribution in [1.29, 1.82) is 0 Å². The third-order valence-corrected chi connectivity index (χ3v) is 1.87. The highest BCUT2D eigenvalue weighted by Crippen LogP contribution is 2.07. The molecule has 0 bridgehead atoms. The molecule has 1 amide bonds. The van der Waals surface area contributed by atoms with Crippen LogP contribution in [0.3, 0.4) is 0 Å². The summed E-state index contributed by atoms with van der Waals surface area (Å²) in [5, 5.41) is 10.7. The van der Waals surface area contributed by atoms with Crippen LogP contribution < -0.4 is 11.3 Å². The van der Waals surface area contributed by atoms with Gasteiger partial charge in [-0.1, -0.05) is 0 Å². The van der Waals surface area contributed by atoms with E-state index in [0.717, 1.165) is 5.69 Å². The van der Waals surface area contributed by atoms with Gasteiger partial charge in [0, 0.05) is 5.56 Å². The van der Waals surface area contributed by atoms with Crippen molar-refractivity contribution in [3.8, 4) is 5.69 Å². The lowest BCUT2D eigenvalue weighted by Crippen LogP contribution is -2.29. The van der Waals surface area contributed by atoms with E-state index in [9.17, 15) is 4.79 Å². The lowest BCUT2D eigenvalue weighted by atomic mass is 10.2. The summed E-state index contributed by atoms with van der Waals surface area (Å²) < 4.78 is 1.49. The highest BCUT2D eigenvalue weighted by atomic mass is 16.2. The zero-order valence-electron chi connectivity index (χ0n) is 7.66. The normalized spacial score (nSPS) is 9.93. The maximum atomic E-state index is 11.1. The third kappa shape index (κ3) is 1.81. The van der Waals surface area contributed by atoms with Gasteiger partial charge in [0.15, 0.2) is 0 Å². The summed E-state index contributed by atoms with van der Waals surface area (Å²) in [5.41, 5.74) is 3.30. The number of tetrazole rings is 1. The van der Waals surface area contributed by atoms with Crippen LogP contribution in [-0.2, 0) is 0 Å². The fourth-order valence-corrected chi connectivity index (χ4v) is 1.13. The zero-order valence-corrected chi connectivity index (χ0v) is 7.66. The Hall–Kier alpha value is -2.28. The highest BCUT2D eigenvalue weighted by Gasteiger charge is 2.03. The predicted octanol–water partition coefficient (Wildman–Crippen LogP) is -0.734. The van der Waals surface area contributed by atoms with Gasteiger partial charge in [-0.3, -0.25) is 10.2 Å². The Labute approximate surface area is 84.9 Å². The Morgan fingerprint density at radius 2 is 2.07 bits per heavy atom. The van der Waals surface area contributed by atoms with Crippen LogP contribution in [-0.4, -0.2) is 26.1 Å². The van der Waals surface area contributed by atoms with Crippen molar-refractivity contribution in [1.82, 2.24) is 25.6 Å². The molecule has 2 rings (SSSR count). The first-order valence-electron chi connectivity index (χ1n) is 4.15. The lowest BCUT2D eigenvalue weighted by Gasteiger charge is -2.01. The van der Waals surface area contributed by atoms with E-state index >= 15 is 0 Å². The van der Waals surface area contributed by atoms with Crippen LogP contribution >= 0.6 is 0 Å². The second kappa shape index (κ2) is 3.84. The number of carbonyl (C=O) groups excluding carboxylic acids is 1. The van der Waals surface area contributed by atoms with E-state index in [1.54, 1.807) is 24.3 Å². The number of hydrogen-bond donors (Lipinski definition) is 2. The van der Waals surface area contributed by atoms with Gasteiger partial charge in [-0.15, -0.1) is 5.10 Å². The van der Waals surface area contributed by atoms with E-state index in [4.69, 9.17) is 5.84 Å². The average molecular weight is 204 g/mol. The van der Waals surface area contributed by atoms with Gasteiger partial charge in [0.2, 0.25) is 0 Å². The molecular formula is C8H8N6O. The molecule has 0 saturated carbocycles. The predicted molar refractivity (Wildman–Crippen MR) is 50.8 cm³/mol. The van der Waals surface area contributed by atoms with Crippen LogP contribution in [0.4, 0.5) is 0 Å². The van der Waals surface area contributed by atoms with Crippen molar-refractivity contribution >= 4 is 5.91 Å². The first-order valence-corrected chi connectivity index (χ1v) is 4.15. The molecule has 0 aliphatic carbocycles. The summed E-state index contributed by atoms with van der Waals surface area (Å²) in [6.07, 6.45) is 1.47. The smallest absolute Gasteiger partial charge is 0.265 e. The van der Waals surface area contributed by atoms with Gasteiger partial charge in [0.05, 0.1) is 5.69 Å². The Balaban J connectivity index is 2.29. The number of nitrogen functional groups attached to an aromatic ring is 1. The molecule has 7 heteroatoms. The Morgan fingerprint density at radius 3 is 2.60 bits per heavy atom. The van der Waals surface area contributed by atoms with Gasteiger partial charge >= 0.3 is 0 Å². The minimum atomic E-state index is -0.335. The standard InChI is InChI=1S/C8H8N6O/c9-11-8(15)6-1-3-7(4-2-6)14-5-10-12-13-14/h1-5H,9H2,(H,11,15). The summed E-state index contributed by atoms with van der Waals surface area (Å²) in [7, 11) is 0. The molecule has 7 nitrogen and oxygen atoms in total. The second-order valence-corrected chi connectivity index (χ2v) is 2.77. The van der Waals surface area contributed by atoms with E-state index in [-0.39, 0.29) is 5.91 Å². The molecule has 15 heavy (non-hydrogen) atoms. The molecule has 0 fully saturated rings. The molecule has 1 heterocycles. The van der Waals surface area contributed by atoms with E-state index < -0.39 is 0 Å². The average Bonchev–Trinajstić information content (AvgIpc) is 2.82. The number of nitrogens with zero attached hydrogens (tertiary/aromatic N) is 4. The number of hydrazine groups is 1. The Kier molecular flexibility index (Phi) is 2.38. The van der Waals surface area contributed by atoms with Crippen LogP contribution in [0, 0.1) is 0 Å². The van der Waals surface area contributed by atoms with Gasteiger partial charge in [-0.2, -0.15) is 0 Å². The molecule has 3 N–H and O–H groups in total. The molecule has 0 atom stereocenters. The molecule has 0 saturated heterocycles. The Bertz CT molecular complexity index is 448. The fraction of sp³-hybridized carbons (Fsp3) is 0. The van der Waals surface area contributed by atoms with Crippen molar-refractivity contribution in [2.45, 2.75) is 0 Å². The molecular weight excluding hydrogens is 196 g/mol. The summed E-state index contributed by atoms with van der Waals surface area (Å²) in [5.74, 6) is 4.66. The summed E-state index contributed by atoms with van der Waals surface area (Å²) in [6, 6.07) is 6.72. The molecule has 0 spiro atoms. The molecule has 1 aromatic carbocycles. The first kappa shape index (κ1) is 9.28. The number of benzene rings is 1. The minimum Gasteiger partial charge on any atom is -0.290 e. The van der Waals surface area contributed by atoms with Gasteiger partial charge < -0.3 is 0 Å². The number of carbonyl (C=O) groups is 1. The van der Waals surface area contributed by atoms with Crippen LogP contribution in [0.1, 0.15) is 10.4 Å². The summed E-state index contributed by atoms with van der Waals surface area (Å²) in [4.78, 5) is 11.1. The maximum Gasteiger partial charge on any atom is 0.265 e. The fourth-order valence-electron chi connectivity index (χ4n) is 1.13. The number of rotatable bonds is 2. The minimum absolute atomic E-state index is 0.335. The number of amides is 1. The van der Waals surface area contributed by atoms with Gasteiger partial charge in [-0.25, -0.2) is 10.5 Å². The van der Waals surface area contributed by atoms with Gasteiger partial charge in [0.1, 0.15) is 6.33 Å². The van der Waals surface area contributed by atoms with E-state index in [2.05, 4.69) is 15.5 Å². The quantitative estimate of drug-likeness (QED) is 0.381. The van der Waals surface area contributed by atoms with E-state index in [0.29, 0.717) is 5.56 Å². The number of hydrogen-bond acceptors (Lipinski definition) is 5. The van der Waals surface area contributed by atoms with Crippen LogP contribution in [0.15, 0.2) is 30.6 Å². The summed E-state index contributed by atoms with van der Waals surface area (Å²) in [6.45, 7) is 0. The van der Waals surface area contributed by atoms with Crippen molar-refractivity contribution in [2.75, 3.05) is 0 Å². The third-order valence-electron chi connectivity index (χ3n) is 1.87. The SMILES string of the molecule is NNC(=O)c1ccc(-n2cnnn2)cc1. The van der Waals surface area contributed by atoms with Gasteiger partial charge in [-0.05, 0) is 34.7 Å². The molecule has 0 unspecified atom stereocenters. The first-order chi connectivity index (χ1) is 7.31. The van der Waals surface area contributed by atoms with E-state index in [1.807, 2.05) is 5.43 Å². The van der Waals surface area contributed by atoms with Crippen molar-refractivity contribution < 1.29 is 4.79 Å². The Morgan fingerprint density at radius 1 is 1.33 bits per heavy atom. The molecule has 0 aliphatic rings. The maximum absolute atomic E-state index is 11.1. The number of nitrogens with one attached hydrogen (secondary N) is 1. The molecule has 0 aliphatic heterocycles. The van der Waals surface area contributed by atoms with Crippen LogP contribution in [0.25, 0.3) is 5.69 Å². The van der Waals surface area contributed by atoms with Crippen LogP contribution in [0.5, 0.6) is 0 Å². The topological polar surface area (TPSA) is 98.7 Å². The number of nitrogens with two attached hydrogens (primary N) is 1. The molecule has 76 valence electrons. The molecule has 0 radical (unpaired) electrons. The summed E-state index contributed by atoms with van der Waals surface area (Å²) >= 11 is 0. The highest BCUT2D eigenvalue weighted by molar-refractivity contribution is 5.93. The van der Waals surface area contributed by atoms with E-state index in [1.165, 1.54) is 11.0 Å². The second-order valence-electron chi connectivity index (χ2n) is 2.77. The van der Waals surface area contributed by atoms with Crippen molar-refractivity contribution in [3.05, 3.63) is 36.2 Å². The van der Waals surface area contributed by atoms with Crippen molar-refractivity contribution in [3.63, 3.8) is 0 Å². The molecule has 1 aromatic heterocycles. The van der Waals surface area contributed by atoms with Crippen LogP contribution in [0.2, 0.25) is 0 Å².